The molecule has 1 N–H and O–H groups in total. The van der Waals surface area contributed by atoms with Crippen molar-refractivity contribution in [2.24, 2.45) is 0 Å². The third-order valence-electron chi connectivity index (χ3n) is 2.84. The van der Waals surface area contributed by atoms with Crippen LogP contribution in [0, 0.1) is 0 Å². The summed E-state index contributed by atoms with van der Waals surface area (Å²) in [5.74, 6) is -0.548. The Morgan fingerprint density at radius 3 is 2.55 bits per heavy atom. The summed E-state index contributed by atoms with van der Waals surface area (Å²) < 4.78 is 5.32. The van der Waals surface area contributed by atoms with Gasteiger partial charge in [-0.05, 0) is 30.3 Å². The van der Waals surface area contributed by atoms with Crippen molar-refractivity contribution in [2.75, 3.05) is 5.32 Å². The molecule has 114 valence electrons. The number of amides is 1. The summed E-state index contributed by atoms with van der Waals surface area (Å²) in [5, 5.41) is 3.30. The van der Waals surface area contributed by atoms with Crippen molar-refractivity contribution in [3.05, 3.63) is 58.1 Å². The second-order valence-corrected chi connectivity index (χ2v) is 5.26. The molecule has 0 saturated heterocycles. The smallest absolute Gasteiger partial charge is 0.345 e. The predicted octanol–water partition coefficient (Wildman–Crippen LogP) is 4.56. The molecule has 0 aliphatic carbocycles. The van der Waals surface area contributed by atoms with E-state index in [-0.39, 0.29) is 22.2 Å². The molecular formula is C16H13Cl2NO3. The van der Waals surface area contributed by atoms with Crippen LogP contribution in [-0.4, -0.2) is 11.9 Å². The first-order chi connectivity index (χ1) is 10.5. The number of ether oxygens (including phenoxy) is 1. The molecule has 0 unspecified atom stereocenters. The molecule has 6 heteroatoms. The van der Waals surface area contributed by atoms with Crippen molar-refractivity contribution in [3.63, 3.8) is 0 Å². The first-order valence-electron chi connectivity index (χ1n) is 6.57. The van der Waals surface area contributed by atoms with Crippen molar-refractivity contribution in [1.29, 1.82) is 0 Å². The van der Waals surface area contributed by atoms with Crippen molar-refractivity contribution in [2.45, 2.75) is 13.3 Å². The molecule has 1 amide bonds. The van der Waals surface area contributed by atoms with Crippen LogP contribution < -0.4 is 10.1 Å². The fourth-order valence-electron chi connectivity index (χ4n) is 1.71. The number of hydrogen-bond donors (Lipinski definition) is 1. The van der Waals surface area contributed by atoms with Crippen molar-refractivity contribution >= 4 is 40.8 Å². The third kappa shape index (κ3) is 4.00. The van der Waals surface area contributed by atoms with Crippen LogP contribution in [-0.2, 0) is 4.79 Å². The topological polar surface area (TPSA) is 55.4 Å². The molecule has 0 heterocycles. The number of esters is 1. The molecule has 0 aliphatic rings. The fraction of sp³-hybridized carbons (Fsp3) is 0.125. The van der Waals surface area contributed by atoms with Gasteiger partial charge in [0.1, 0.15) is 0 Å². The maximum absolute atomic E-state index is 12.2. The van der Waals surface area contributed by atoms with Gasteiger partial charge in [0.25, 0.3) is 0 Å². The van der Waals surface area contributed by atoms with Crippen LogP contribution >= 0.6 is 23.2 Å². The van der Waals surface area contributed by atoms with E-state index in [4.69, 9.17) is 27.9 Å². The lowest BCUT2D eigenvalue weighted by Crippen LogP contribution is -2.14. The minimum Gasteiger partial charge on any atom is -0.421 e. The van der Waals surface area contributed by atoms with Crippen LogP contribution in [0.1, 0.15) is 23.7 Å². The number of carbonyl (C=O) groups is 2. The van der Waals surface area contributed by atoms with Crippen LogP contribution in [0.4, 0.5) is 5.69 Å². The number of rotatable bonds is 4. The molecule has 0 saturated carbocycles. The zero-order valence-corrected chi connectivity index (χ0v) is 13.2. The minimum atomic E-state index is -0.625. The highest BCUT2D eigenvalue weighted by atomic mass is 35.5. The van der Waals surface area contributed by atoms with Crippen LogP contribution in [0.5, 0.6) is 5.75 Å². The van der Waals surface area contributed by atoms with Gasteiger partial charge in [-0.15, -0.1) is 0 Å². The highest BCUT2D eigenvalue weighted by Gasteiger charge is 2.15. The van der Waals surface area contributed by atoms with Gasteiger partial charge in [-0.3, -0.25) is 4.79 Å². The Bertz CT molecular complexity index is 716. The zero-order valence-electron chi connectivity index (χ0n) is 11.7. The second-order valence-electron chi connectivity index (χ2n) is 4.41. The normalized spacial score (nSPS) is 10.1. The second kappa shape index (κ2) is 7.29. The average Bonchev–Trinajstić information content (AvgIpc) is 2.48. The molecule has 22 heavy (non-hydrogen) atoms. The van der Waals surface area contributed by atoms with Crippen molar-refractivity contribution in [3.8, 4) is 5.75 Å². The molecule has 2 aromatic rings. The van der Waals surface area contributed by atoms with E-state index in [0.29, 0.717) is 17.1 Å². The lowest BCUT2D eigenvalue weighted by molar-refractivity contribution is -0.115. The maximum atomic E-state index is 12.2. The maximum Gasteiger partial charge on any atom is 0.345 e. The first-order valence-corrected chi connectivity index (χ1v) is 7.33. The van der Waals surface area contributed by atoms with Gasteiger partial charge < -0.3 is 10.1 Å². The van der Waals surface area contributed by atoms with E-state index in [1.165, 1.54) is 12.1 Å². The highest BCUT2D eigenvalue weighted by molar-refractivity contribution is 6.36. The van der Waals surface area contributed by atoms with E-state index in [1.807, 2.05) is 0 Å². The number of hydrogen-bond acceptors (Lipinski definition) is 3. The third-order valence-corrected chi connectivity index (χ3v) is 3.38. The highest BCUT2D eigenvalue weighted by Crippen LogP contribution is 2.27. The summed E-state index contributed by atoms with van der Waals surface area (Å²) in [6.45, 7) is 1.73. The Morgan fingerprint density at radius 1 is 1.14 bits per heavy atom. The quantitative estimate of drug-likeness (QED) is 0.657. The van der Waals surface area contributed by atoms with Crippen LogP contribution in [0.3, 0.4) is 0 Å². The lowest BCUT2D eigenvalue weighted by Gasteiger charge is -2.11. The largest absolute Gasteiger partial charge is 0.421 e. The molecule has 0 aliphatic heterocycles. The SMILES string of the molecule is CCC(=O)Nc1ccccc1OC(=O)c1ccc(Cl)cc1Cl. The Balaban J connectivity index is 2.23. The number of nitrogens with one attached hydrogen (secondary N) is 1. The van der Waals surface area contributed by atoms with Gasteiger partial charge in [-0.2, -0.15) is 0 Å². The number of benzene rings is 2. The standard InChI is InChI=1S/C16H13Cl2NO3/c1-2-15(20)19-13-5-3-4-6-14(13)22-16(21)11-8-7-10(17)9-12(11)18/h3-9H,2H2,1H3,(H,19,20). The summed E-state index contributed by atoms with van der Waals surface area (Å²) in [7, 11) is 0. The molecule has 0 bridgehead atoms. The van der Waals surface area contributed by atoms with Crippen LogP contribution in [0.15, 0.2) is 42.5 Å². The summed E-state index contributed by atoms with van der Waals surface area (Å²) in [5.41, 5.74) is 0.621. The van der Waals surface area contributed by atoms with Crippen molar-refractivity contribution in [1.82, 2.24) is 0 Å². The van der Waals surface area contributed by atoms with Gasteiger partial charge in [-0.1, -0.05) is 42.3 Å². The predicted molar refractivity (Wildman–Crippen MR) is 86.8 cm³/mol. The Labute approximate surface area is 138 Å². The van der Waals surface area contributed by atoms with E-state index < -0.39 is 5.97 Å². The molecule has 4 nitrogen and oxygen atoms in total. The summed E-state index contributed by atoms with van der Waals surface area (Å²) in [4.78, 5) is 23.7. The van der Waals surface area contributed by atoms with Gasteiger partial charge in [-0.25, -0.2) is 4.79 Å². The summed E-state index contributed by atoms with van der Waals surface area (Å²) in [6.07, 6.45) is 0.325. The molecule has 0 atom stereocenters. The van der Waals surface area contributed by atoms with Gasteiger partial charge >= 0.3 is 5.97 Å². The van der Waals surface area contributed by atoms with Crippen LogP contribution in [0.25, 0.3) is 0 Å². The van der Waals surface area contributed by atoms with E-state index in [0.717, 1.165) is 0 Å². The number of carbonyl (C=O) groups excluding carboxylic acids is 2. The van der Waals surface area contributed by atoms with Crippen LogP contribution in [0.2, 0.25) is 10.0 Å². The lowest BCUT2D eigenvalue weighted by atomic mass is 10.2. The van der Waals surface area contributed by atoms with Gasteiger partial charge in [0.05, 0.1) is 16.3 Å². The Kier molecular flexibility index (Phi) is 5.41. The number of anilines is 1. The monoisotopic (exact) mass is 337 g/mol. The molecular weight excluding hydrogens is 325 g/mol. The fourth-order valence-corrected chi connectivity index (χ4v) is 2.19. The van der Waals surface area contributed by atoms with E-state index in [2.05, 4.69) is 5.32 Å². The van der Waals surface area contributed by atoms with E-state index in [1.54, 1.807) is 37.3 Å². The first kappa shape index (κ1) is 16.3. The minimum absolute atomic E-state index is 0.173. The molecule has 0 spiro atoms. The average molecular weight is 338 g/mol. The number of halogens is 2. The van der Waals surface area contributed by atoms with Gasteiger partial charge in [0.15, 0.2) is 5.75 Å². The number of para-hydroxylation sites is 2. The molecule has 2 rings (SSSR count). The Hall–Kier alpha value is -2.04. The summed E-state index contributed by atoms with van der Waals surface area (Å²) in [6, 6.07) is 11.2. The van der Waals surface area contributed by atoms with Gasteiger partial charge in [0, 0.05) is 11.4 Å². The van der Waals surface area contributed by atoms with E-state index >= 15 is 0 Å². The summed E-state index contributed by atoms with van der Waals surface area (Å²) >= 11 is 11.8. The van der Waals surface area contributed by atoms with E-state index in [9.17, 15) is 9.59 Å². The molecule has 0 fully saturated rings. The zero-order chi connectivity index (χ0) is 16.1. The molecule has 2 aromatic carbocycles. The van der Waals surface area contributed by atoms with Crippen molar-refractivity contribution < 1.29 is 14.3 Å². The van der Waals surface area contributed by atoms with Gasteiger partial charge in [0.2, 0.25) is 5.91 Å². The molecule has 0 aromatic heterocycles. The molecule has 0 radical (unpaired) electrons. The Morgan fingerprint density at radius 2 is 1.86 bits per heavy atom.